The summed E-state index contributed by atoms with van der Waals surface area (Å²) in [5, 5.41) is 20.7. The minimum Gasteiger partial charge on any atom is -0.506 e. The van der Waals surface area contributed by atoms with Crippen molar-refractivity contribution in [1.82, 2.24) is 14.8 Å². The number of ether oxygens (including phenoxy) is 4. The van der Waals surface area contributed by atoms with Crippen molar-refractivity contribution in [1.29, 1.82) is 0 Å². The number of carbonyl (C=O) groups is 2. The summed E-state index contributed by atoms with van der Waals surface area (Å²) in [6.07, 6.45) is 14.6. The lowest BCUT2D eigenvalue weighted by atomic mass is 9.57. The smallest absolute Gasteiger partial charge is 0.333 e. The van der Waals surface area contributed by atoms with Crippen LogP contribution in [0.4, 0.5) is 5.95 Å². The van der Waals surface area contributed by atoms with Crippen molar-refractivity contribution in [2.45, 2.75) is 129 Å². The Hall–Kier alpha value is -4.64. The van der Waals surface area contributed by atoms with E-state index in [-0.39, 0.29) is 30.3 Å². The third kappa shape index (κ3) is 5.56. The van der Waals surface area contributed by atoms with Gasteiger partial charge in [0.25, 0.3) is 0 Å². The van der Waals surface area contributed by atoms with Crippen LogP contribution in [0.2, 0.25) is 0 Å². The number of hydrogen-bond acceptors (Lipinski definition) is 10. The van der Waals surface area contributed by atoms with Crippen molar-refractivity contribution in [2.75, 3.05) is 12.4 Å². The zero-order valence-corrected chi connectivity index (χ0v) is 32.6. The van der Waals surface area contributed by atoms with Crippen LogP contribution in [0, 0.1) is 5.92 Å². The number of benzene rings is 1. The SMILES string of the molecule is COC(=O)/C(C)=C\CC12OC(C)(C)C(CCC1=O)C21Oc2c(CC=C(C)C)c3c(c(O)c2C2=C1C(C)n1cnc(n1)N2)C=CC(C)(CCC=C(C)C)O3. The van der Waals surface area contributed by atoms with Gasteiger partial charge in [0.15, 0.2) is 17.0 Å². The molecular formula is C42H52N4O7. The summed E-state index contributed by atoms with van der Waals surface area (Å²) in [5.41, 5.74) is 1.41. The maximum atomic E-state index is 14.8. The Balaban J connectivity index is 1.55. The Labute approximate surface area is 311 Å². The summed E-state index contributed by atoms with van der Waals surface area (Å²) < 4.78 is 28.5. The molecule has 1 saturated heterocycles. The first-order valence-electron chi connectivity index (χ1n) is 18.7. The number of nitrogens with one attached hydrogen (secondary N) is 1. The van der Waals surface area contributed by atoms with E-state index in [4.69, 9.17) is 24.0 Å². The lowest BCUT2D eigenvalue weighted by molar-refractivity contribution is -0.167. The molecule has 5 heterocycles. The number of phenolic OH excluding ortho intramolecular Hbond substituents is 1. The zero-order chi connectivity index (χ0) is 38.2. The van der Waals surface area contributed by atoms with Gasteiger partial charge in [-0.25, -0.2) is 14.5 Å². The molecule has 2 aromatic rings. The van der Waals surface area contributed by atoms with Gasteiger partial charge in [0.1, 0.15) is 29.2 Å². The second-order valence-corrected chi connectivity index (χ2v) is 16.4. The minimum atomic E-state index is -1.55. The number of hydrogen-bond donors (Lipinski definition) is 2. The Morgan fingerprint density at radius 1 is 1.09 bits per heavy atom. The molecule has 2 N–H and O–H groups in total. The third-order valence-corrected chi connectivity index (χ3v) is 11.8. The standard InChI is InChI=1S/C42H52N4O7/c1-23(2)12-11-19-40(9)20-18-27-34(48)31-33-32(26(6)46-22-43-38(44-33)45-46)42(52-36(31)28(35(27)51-40)14-13-24(3)4)29-15-16-30(47)41(42,53-39(29,7)8)21-17-25(5)37(49)50-10/h12-13,17-18,20,22,26,29,48H,11,14-16,19,21H2,1-10H3,(H,44,45)/b25-17-. The number of phenols is 1. The van der Waals surface area contributed by atoms with Crippen molar-refractivity contribution >= 4 is 29.5 Å². The van der Waals surface area contributed by atoms with E-state index in [1.807, 2.05) is 46.8 Å². The molecule has 0 amide bonds. The van der Waals surface area contributed by atoms with E-state index in [2.05, 4.69) is 43.2 Å². The quantitative estimate of drug-likeness (QED) is 0.157. The number of allylic oxidation sites excluding steroid dienone is 4. The number of esters is 1. The average molecular weight is 725 g/mol. The molecule has 2 fully saturated rings. The molecule has 7 rings (SSSR count). The van der Waals surface area contributed by atoms with Crippen molar-refractivity contribution in [3.8, 4) is 17.2 Å². The predicted octanol–water partition coefficient (Wildman–Crippen LogP) is 7.97. The van der Waals surface area contributed by atoms with Crippen LogP contribution < -0.4 is 14.8 Å². The van der Waals surface area contributed by atoms with Crippen molar-refractivity contribution in [3.05, 3.63) is 69.6 Å². The van der Waals surface area contributed by atoms with Crippen LogP contribution in [-0.4, -0.2) is 61.1 Å². The van der Waals surface area contributed by atoms with Gasteiger partial charge in [-0.15, -0.1) is 5.10 Å². The van der Waals surface area contributed by atoms with Crippen molar-refractivity contribution in [2.24, 2.45) is 5.92 Å². The first-order chi connectivity index (χ1) is 25.0. The van der Waals surface area contributed by atoms with Crippen LogP contribution >= 0.6 is 0 Å². The molecule has 0 radical (unpaired) electrons. The van der Waals surface area contributed by atoms with Gasteiger partial charge in [-0.3, -0.25) is 4.79 Å². The second kappa shape index (κ2) is 12.7. The van der Waals surface area contributed by atoms with Gasteiger partial charge in [-0.1, -0.05) is 29.4 Å². The number of rotatable bonds is 8. The summed E-state index contributed by atoms with van der Waals surface area (Å²) in [6.45, 7) is 18.0. The maximum Gasteiger partial charge on any atom is 0.333 e. The van der Waals surface area contributed by atoms with Crippen LogP contribution in [0.3, 0.4) is 0 Å². The highest BCUT2D eigenvalue weighted by molar-refractivity contribution is 5.98. The number of anilines is 1. The lowest BCUT2D eigenvalue weighted by Crippen LogP contribution is -2.67. The molecule has 53 heavy (non-hydrogen) atoms. The fraction of sp³-hybridized carbons (Fsp3) is 0.524. The number of aromatic nitrogens is 3. The molecule has 5 atom stereocenters. The largest absolute Gasteiger partial charge is 0.506 e. The fourth-order valence-corrected chi connectivity index (χ4v) is 9.20. The number of methoxy groups -OCH3 is 1. The van der Waals surface area contributed by atoms with E-state index in [1.165, 1.54) is 12.7 Å². The van der Waals surface area contributed by atoms with E-state index in [0.29, 0.717) is 52.7 Å². The van der Waals surface area contributed by atoms with Gasteiger partial charge in [-0.2, -0.15) is 0 Å². The summed E-state index contributed by atoms with van der Waals surface area (Å²) in [6, 6.07) is -0.466. The summed E-state index contributed by atoms with van der Waals surface area (Å²) in [4.78, 5) is 32.0. The van der Waals surface area contributed by atoms with E-state index in [0.717, 1.165) is 29.6 Å². The number of aromatic hydroxyl groups is 1. The normalized spacial score (nSPS) is 28.9. The van der Waals surface area contributed by atoms with Crippen LogP contribution in [0.15, 0.2) is 52.9 Å². The molecule has 1 saturated carbocycles. The van der Waals surface area contributed by atoms with Gasteiger partial charge >= 0.3 is 5.97 Å². The molecule has 4 bridgehead atoms. The number of Topliss-reactive ketones (excluding diaryl/α,β-unsaturated/α-hetero) is 1. The van der Waals surface area contributed by atoms with E-state index >= 15 is 0 Å². The lowest BCUT2D eigenvalue weighted by Gasteiger charge is -2.53. The van der Waals surface area contributed by atoms with Crippen LogP contribution in [0.5, 0.6) is 17.2 Å². The van der Waals surface area contributed by atoms with E-state index in [1.54, 1.807) is 24.0 Å². The molecule has 5 unspecified atom stereocenters. The summed E-state index contributed by atoms with van der Waals surface area (Å²) in [7, 11) is 1.34. The molecule has 4 aliphatic heterocycles. The molecule has 1 aromatic carbocycles. The maximum absolute atomic E-state index is 14.8. The molecule has 11 nitrogen and oxygen atoms in total. The Bertz CT molecular complexity index is 2060. The van der Waals surface area contributed by atoms with Gasteiger partial charge in [-0.05, 0) is 100 Å². The number of carbonyl (C=O) groups excluding carboxylic acids is 2. The fourth-order valence-electron chi connectivity index (χ4n) is 9.20. The molecule has 282 valence electrons. The Morgan fingerprint density at radius 2 is 1.83 bits per heavy atom. The highest BCUT2D eigenvalue weighted by Crippen LogP contribution is 2.68. The van der Waals surface area contributed by atoms with Gasteiger partial charge < -0.3 is 29.4 Å². The third-order valence-electron chi connectivity index (χ3n) is 11.8. The molecule has 1 spiro atoms. The van der Waals surface area contributed by atoms with Crippen molar-refractivity contribution < 1.29 is 33.6 Å². The molecule has 5 aliphatic rings. The van der Waals surface area contributed by atoms with Crippen LogP contribution in [-0.2, 0) is 25.5 Å². The second-order valence-electron chi connectivity index (χ2n) is 16.4. The monoisotopic (exact) mass is 724 g/mol. The molecular weight excluding hydrogens is 672 g/mol. The van der Waals surface area contributed by atoms with Crippen LogP contribution in [0.1, 0.15) is 117 Å². The first kappa shape index (κ1) is 36.7. The van der Waals surface area contributed by atoms with E-state index in [9.17, 15) is 14.7 Å². The molecule has 11 heteroatoms. The first-order valence-corrected chi connectivity index (χ1v) is 18.7. The Kier molecular flexibility index (Phi) is 8.83. The molecule has 1 aliphatic carbocycles. The predicted molar refractivity (Wildman–Crippen MR) is 203 cm³/mol. The minimum absolute atomic E-state index is 0.00287. The summed E-state index contributed by atoms with van der Waals surface area (Å²) >= 11 is 0. The van der Waals surface area contributed by atoms with Crippen LogP contribution in [0.25, 0.3) is 11.8 Å². The highest BCUT2D eigenvalue weighted by Gasteiger charge is 2.78. The van der Waals surface area contributed by atoms with Crippen molar-refractivity contribution in [3.63, 3.8) is 0 Å². The number of nitrogens with zero attached hydrogens (tertiary/aromatic N) is 3. The average Bonchev–Trinajstić information content (AvgIpc) is 3.54. The van der Waals surface area contributed by atoms with Gasteiger partial charge in [0, 0.05) is 35.5 Å². The topological polar surface area (TPSA) is 134 Å². The zero-order valence-electron chi connectivity index (χ0n) is 32.6. The van der Waals surface area contributed by atoms with Gasteiger partial charge in [0.05, 0.1) is 35.6 Å². The Morgan fingerprint density at radius 3 is 2.53 bits per heavy atom. The van der Waals surface area contributed by atoms with Gasteiger partial charge in [0.2, 0.25) is 5.95 Å². The van der Waals surface area contributed by atoms with E-state index < -0.39 is 34.4 Å². The number of fused-ring (bicyclic) bond motifs is 5. The highest BCUT2D eigenvalue weighted by atomic mass is 16.6. The molecule has 1 aromatic heterocycles. The summed E-state index contributed by atoms with van der Waals surface area (Å²) in [5.74, 6) is 0.423. The number of ketones is 1.